The Bertz CT molecular complexity index is 974. The van der Waals surface area contributed by atoms with Gasteiger partial charge in [-0.05, 0) is 25.0 Å². The first-order chi connectivity index (χ1) is 12.9. The summed E-state index contributed by atoms with van der Waals surface area (Å²) in [5, 5.41) is 9.50. The molecule has 0 amide bonds. The molecule has 144 valence electrons. The molecule has 1 aromatic carbocycles. The topological polar surface area (TPSA) is 71.8 Å². The van der Waals surface area contributed by atoms with Crippen molar-refractivity contribution in [1.29, 1.82) is 0 Å². The maximum absolute atomic E-state index is 13.9. The molecule has 0 spiro atoms. The molecule has 3 atom stereocenters. The van der Waals surface area contributed by atoms with E-state index < -0.39 is 35.3 Å². The number of carbonyl (C=O) groups is 1. The summed E-state index contributed by atoms with van der Waals surface area (Å²) in [4.78, 5) is 25.9. The summed E-state index contributed by atoms with van der Waals surface area (Å²) in [5.74, 6) is -1.01. The van der Waals surface area contributed by atoms with Gasteiger partial charge in [-0.25, -0.2) is 13.6 Å². The largest absolute Gasteiger partial charge is 0.492 e. The van der Waals surface area contributed by atoms with E-state index in [9.17, 15) is 23.5 Å². The second-order valence-electron chi connectivity index (χ2n) is 7.10. The average Bonchev–Trinajstić information content (AvgIpc) is 3.37. The van der Waals surface area contributed by atoms with Gasteiger partial charge in [0, 0.05) is 25.7 Å². The van der Waals surface area contributed by atoms with E-state index >= 15 is 0 Å². The number of benzene rings is 1. The highest BCUT2D eigenvalue weighted by Gasteiger charge is 2.41. The van der Waals surface area contributed by atoms with Crippen LogP contribution in [0.3, 0.4) is 0 Å². The predicted octanol–water partition coefficient (Wildman–Crippen LogP) is 2.93. The zero-order chi connectivity index (χ0) is 19.3. The van der Waals surface area contributed by atoms with Crippen molar-refractivity contribution in [3.63, 3.8) is 0 Å². The normalized spacial score (nSPS) is 24.9. The molecule has 6 nitrogen and oxygen atoms in total. The van der Waals surface area contributed by atoms with Gasteiger partial charge in [-0.1, -0.05) is 0 Å². The number of ether oxygens (including phenoxy) is 1. The van der Waals surface area contributed by atoms with Crippen LogP contribution in [0.15, 0.2) is 23.1 Å². The molecule has 2 aliphatic rings. The van der Waals surface area contributed by atoms with Crippen molar-refractivity contribution in [1.82, 2.24) is 4.57 Å². The van der Waals surface area contributed by atoms with E-state index in [2.05, 4.69) is 0 Å². The van der Waals surface area contributed by atoms with Crippen molar-refractivity contribution in [3.8, 4) is 5.75 Å². The van der Waals surface area contributed by atoms with E-state index in [-0.39, 0.29) is 18.4 Å². The van der Waals surface area contributed by atoms with Crippen molar-refractivity contribution in [2.75, 3.05) is 25.1 Å². The number of fused-ring (bicyclic) bond motifs is 1. The predicted molar refractivity (Wildman–Crippen MR) is 96.6 cm³/mol. The lowest BCUT2D eigenvalue weighted by Gasteiger charge is -2.32. The van der Waals surface area contributed by atoms with E-state index in [1.807, 2.05) is 4.90 Å². The number of nitrogens with zero attached hydrogens (tertiary/aromatic N) is 2. The van der Waals surface area contributed by atoms with Gasteiger partial charge in [0.05, 0.1) is 29.7 Å². The van der Waals surface area contributed by atoms with E-state index in [0.717, 1.165) is 0 Å². The minimum atomic E-state index is -1.36. The van der Waals surface area contributed by atoms with Gasteiger partial charge in [-0.2, -0.15) is 0 Å². The van der Waals surface area contributed by atoms with Crippen LogP contribution in [0, 0.1) is 0 Å². The van der Waals surface area contributed by atoms with Gasteiger partial charge in [0.1, 0.15) is 17.9 Å². The molecule has 1 saturated heterocycles. The van der Waals surface area contributed by atoms with Crippen LogP contribution in [0.5, 0.6) is 5.75 Å². The smallest absolute Gasteiger partial charge is 0.341 e. The summed E-state index contributed by atoms with van der Waals surface area (Å²) in [6, 6.07) is 2.64. The molecule has 4 rings (SSSR count). The van der Waals surface area contributed by atoms with Crippen LogP contribution >= 0.6 is 0 Å². The molecule has 1 aliphatic carbocycles. The van der Waals surface area contributed by atoms with Gasteiger partial charge in [-0.15, -0.1) is 0 Å². The Morgan fingerprint density at radius 2 is 2.07 bits per heavy atom. The van der Waals surface area contributed by atoms with Gasteiger partial charge in [0.15, 0.2) is 5.75 Å². The summed E-state index contributed by atoms with van der Waals surface area (Å²) in [6.45, 7) is 0.864. The SMILES string of the molecule is COc1c(N2CCCC(F)C2)ccc2c(=O)c(C(=O)O)cn(C3CC3F)c12. The quantitative estimate of drug-likeness (QED) is 0.886. The zero-order valence-electron chi connectivity index (χ0n) is 14.8. The number of pyridine rings is 1. The monoisotopic (exact) mass is 378 g/mol. The average molecular weight is 378 g/mol. The van der Waals surface area contributed by atoms with Crippen molar-refractivity contribution < 1.29 is 23.4 Å². The highest BCUT2D eigenvalue weighted by atomic mass is 19.1. The van der Waals surface area contributed by atoms with Crippen LogP contribution in [0.25, 0.3) is 10.9 Å². The first kappa shape index (κ1) is 17.8. The molecule has 2 heterocycles. The highest BCUT2D eigenvalue weighted by Crippen LogP contribution is 2.44. The first-order valence-corrected chi connectivity index (χ1v) is 8.94. The molecule has 1 saturated carbocycles. The van der Waals surface area contributed by atoms with E-state index in [1.54, 1.807) is 6.07 Å². The Balaban J connectivity index is 1.98. The Labute approximate surface area is 154 Å². The molecular weight excluding hydrogens is 358 g/mol. The number of aromatic nitrogens is 1. The molecule has 0 bridgehead atoms. The number of alkyl halides is 2. The number of hydrogen-bond acceptors (Lipinski definition) is 4. The number of halogens is 2. The van der Waals surface area contributed by atoms with Crippen LogP contribution in [0.4, 0.5) is 14.5 Å². The van der Waals surface area contributed by atoms with Gasteiger partial charge in [0.25, 0.3) is 0 Å². The van der Waals surface area contributed by atoms with E-state index in [1.165, 1.54) is 23.9 Å². The minimum Gasteiger partial charge on any atom is -0.492 e. The fourth-order valence-corrected chi connectivity index (χ4v) is 3.86. The first-order valence-electron chi connectivity index (χ1n) is 8.94. The minimum absolute atomic E-state index is 0.156. The molecule has 1 aliphatic heterocycles. The summed E-state index contributed by atoms with van der Waals surface area (Å²) in [7, 11) is 1.44. The van der Waals surface area contributed by atoms with Crippen LogP contribution in [0.2, 0.25) is 0 Å². The summed E-state index contributed by atoms with van der Waals surface area (Å²) < 4.78 is 34.8. The van der Waals surface area contributed by atoms with E-state index in [0.29, 0.717) is 36.3 Å². The lowest BCUT2D eigenvalue weighted by Crippen LogP contribution is -2.36. The van der Waals surface area contributed by atoms with Gasteiger partial charge >= 0.3 is 5.97 Å². The van der Waals surface area contributed by atoms with Gasteiger partial charge in [-0.3, -0.25) is 4.79 Å². The molecule has 2 aromatic rings. The Morgan fingerprint density at radius 3 is 2.67 bits per heavy atom. The van der Waals surface area contributed by atoms with Crippen molar-refractivity contribution in [3.05, 3.63) is 34.1 Å². The number of methoxy groups -OCH3 is 1. The lowest BCUT2D eigenvalue weighted by molar-refractivity contribution is 0.0694. The van der Waals surface area contributed by atoms with Crippen LogP contribution < -0.4 is 15.1 Å². The molecule has 3 unspecified atom stereocenters. The number of rotatable bonds is 4. The fourth-order valence-electron chi connectivity index (χ4n) is 3.86. The van der Waals surface area contributed by atoms with Crippen LogP contribution in [-0.2, 0) is 0 Å². The number of hydrogen-bond donors (Lipinski definition) is 1. The van der Waals surface area contributed by atoms with Crippen LogP contribution in [0.1, 0.15) is 35.7 Å². The second kappa shape index (κ2) is 6.51. The highest BCUT2D eigenvalue weighted by molar-refractivity contribution is 5.97. The molecule has 27 heavy (non-hydrogen) atoms. The number of carboxylic acid groups (broad SMARTS) is 1. The van der Waals surface area contributed by atoms with E-state index in [4.69, 9.17) is 4.74 Å². The number of anilines is 1. The number of piperidine rings is 1. The second-order valence-corrected chi connectivity index (χ2v) is 7.10. The molecule has 0 radical (unpaired) electrons. The Morgan fingerprint density at radius 1 is 1.33 bits per heavy atom. The lowest BCUT2D eigenvalue weighted by atomic mass is 10.1. The third-order valence-corrected chi connectivity index (χ3v) is 5.30. The maximum Gasteiger partial charge on any atom is 0.341 e. The summed E-state index contributed by atoms with van der Waals surface area (Å²) >= 11 is 0. The molecular formula is C19H20F2N2O4. The molecule has 8 heteroatoms. The summed E-state index contributed by atoms with van der Waals surface area (Å²) in [6.07, 6.45) is 0.594. The van der Waals surface area contributed by atoms with Gasteiger partial charge < -0.3 is 19.3 Å². The molecule has 1 N–H and O–H groups in total. The van der Waals surface area contributed by atoms with Gasteiger partial charge in [0.2, 0.25) is 5.43 Å². The van der Waals surface area contributed by atoms with Crippen molar-refractivity contribution >= 4 is 22.6 Å². The number of aromatic carboxylic acids is 1. The third kappa shape index (κ3) is 2.93. The molecule has 1 aromatic heterocycles. The van der Waals surface area contributed by atoms with Crippen LogP contribution in [-0.4, -0.2) is 48.2 Å². The molecule has 2 fully saturated rings. The maximum atomic E-state index is 13.9. The summed E-state index contributed by atoms with van der Waals surface area (Å²) in [5.41, 5.74) is -0.0642. The fraction of sp³-hybridized carbons (Fsp3) is 0.474. The Kier molecular flexibility index (Phi) is 4.28. The standard InChI is InChI=1S/C19H20F2N2O4/c1-27-18-14(22-6-2-3-10(20)8-22)5-4-11-16(18)23(15-7-13(15)21)9-12(17(11)24)19(25)26/h4-5,9-10,13,15H,2-3,6-8H2,1H3,(H,25,26). The van der Waals surface area contributed by atoms with Crippen molar-refractivity contribution in [2.24, 2.45) is 0 Å². The zero-order valence-corrected chi connectivity index (χ0v) is 14.8. The third-order valence-electron chi connectivity index (χ3n) is 5.30. The Hall–Kier alpha value is -2.64. The van der Waals surface area contributed by atoms with Crippen molar-refractivity contribution in [2.45, 2.75) is 37.6 Å². The number of carboxylic acids is 1.